The normalized spacial score (nSPS) is 25.7. The Hall–Kier alpha value is -1.84. The maximum Gasteiger partial charge on any atom is 0.221 e. The van der Waals surface area contributed by atoms with Crippen LogP contribution in [-0.2, 0) is 4.79 Å². The lowest BCUT2D eigenvalue weighted by molar-refractivity contribution is -0.122. The van der Waals surface area contributed by atoms with Crippen LogP contribution in [0.5, 0.6) is 0 Å². The first-order chi connectivity index (χ1) is 12.7. The minimum Gasteiger partial charge on any atom is -0.345 e. The zero-order valence-electron chi connectivity index (χ0n) is 14.8. The lowest BCUT2D eigenvalue weighted by Gasteiger charge is -2.29. The predicted molar refractivity (Wildman–Crippen MR) is 105 cm³/mol. The second-order valence-corrected chi connectivity index (χ2v) is 8.08. The zero-order valence-corrected chi connectivity index (χ0v) is 15.6. The van der Waals surface area contributed by atoms with Crippen molar-refractivity contribution in [3.8, 4) is 0 Å². The average Bonchev–Trinajstić information content (AvgIpc) is 2.99. The monoisotopic (exact) mass is 368 g/mol. The van der Waals surface area contributed by atoms with Crippen molar-refractivity contribution in [2.75, 3.05) is 0 Å². The molecule has 26 heavy (non-hydrogen) atoms. The van der Waals surface area contributed by atoms with Crippen molar-refractivity contribution >= 4 is 17.5 Å². The molecule has 0 radical (unpaired) electrons. The Balaban J connectivity index is 1.48. The van der Waals surface area contributed by atoms with Crippen LogP contribution in [0.3, 0.4) is 0 Å². The van der Waals surface area contributed by atoms with Crippen molar-refractivity contribution in [3.63, 3.8) is 0 Å². The van der Waals surface area contributed by atoms with Gasteiger partial charge in [0.05, 0.1) is 6.04 Å². The van der Waals surface area contributed by atoms with Gasteiger partial charge < -0.3 is 10.6 Å². The standard InChI is InChI=1S/C22H25ClN2O/c23-18-8-4-7-17(14-18)22(16-5-2-1-3-6-16)25-21(26)13-15-11-19-9-10-20(12-15)24-19/h1-8,14-15,19-20,22,24H,9-13H2,(H,25,26). The number of carbonyl (C=O) groups is 1. The fourth-order valence-electron chi connectivity index (χ4n) is 4.51. The molecule has 2 aliphatic rings. The summed E-state index contributed by atoms with van der Waals surface area (Å²) in [6, 6.07) is 18.9. The van der Waals surface area contributed by atoms with Crippen LogP contribution in [0.2, 0.25) is 5.02 Å². The minimum atomic E-state index is -0.166. The van der Waals surface area contributed by atoms with Gasteiger partial charge in [0.1, 0.15) is 0 Å². The smallest absolute Gasteiger partial charge is 0.221 e. The van der Waals surface area contributed by atoms with Gasteiger partial charge in [0, 0.05) is 23.5 Å². The van der Waals surface area contributed by atoms with Gasteiger partial charge in [-0.3, -0.25) is 4.79 Å². The first-order valence-electron chi connectivity index (χ1n) is 9.53. The van der Waals surface area contributed by atoms with E-state index in [2.05, 4.69) is 22.8 Å². The van der Waals surface area contributed by atoms with E-state index in [-0.39, 0.29) is 11.9 Å². The van der Waals surface area contributed by atoms with E-state index in [9.17, 15) is 4.79 Å². The highest BCUT2D eigenvalue weighted by Crippen LogP contribution is 2.33. The molecule has 0 spiro atoms. The summed E-state index contributed by atoms with van der Waals surface area (Å²) in [6.45, 7) is 0. The van der Waals surface area contributed by atoms with Gasteiger partial charge in [-0.05, 0) is 54.9 Å². The van der Waals surface area contributed by atoms with Gasteiger partial charge in [0.15, 0.2) is 0 Å². The fraction of sp³-hybridized carbons (Fsp3) is 0.409. The molecule has 3 nitrogen and oxygen atoms in total. The van der Waals surface area contributed by atoms with Gasteiger partial charge in [-0.2, -0.15) is 0 Å². The molecule has 2 aromatic rings. The van der Waals surface area contributed by atoms with Gasteiger partial charge in [-0.15, -0.1) is 0 Å². The van der Waals surface area contributed by atoms with E-state index < -0.39 is 0 Å². The average molecular weight is 369 g/mol. The van der Waals surface area contributed by atoms with Crippen molar-refractivity contribution in [2.24, 2.45) is 5.92 Å². The van der Waals surface area contributed by atoms with Crippen LogP contribution in [-0.4, -0.2) is 18.0 Å². The maximum atomic E-state index is 12.8. The Morgan fingerprint density at radius 3 is 2.42 bits per heavy atom. The van der Waals surface area contributed by atoms with Crippen LogP contribution in [0, 0.1) is 5.92 Å². The van der Waals surface area contributed by atoms with Crippen LogP contribution in [0.1, 0.15) is 49.3 Å². The first-order valence-corrected chi connectivity index (χ1v) is 9.91. The molecule has 2 aromatic carbocycles. The van der Waals surface area contributed by atoms with Crippen LogP contribution in [0.25, 0.3) is 0 Å². The molecule has 0 saturated carbocycles. The Kier molecular flexibility index (Phi) is 5.28. The summed E-state index contributed by atoms with van der Waals surface area (Å²) in [5.41, 5.74) is 2.09. The van der Waals surface area contributed by atoms with E-state index in [1.807, 2.05) is 42.5 Å². The molecule has 3 atom stereocenters. The zero-order chi connectivity index (χ0) is 17.9. The van der Waals surface area contributed by atoms with Gasteiger partial charge in [0.2, 0.25) is 5.91 Å². The molecule has 2 bridgehead atoms. The summed E-state index contributed by atoms with van der Waals surface area (Å²) in [5, 5.41) is 7.59. The maximum absolute atomic E-state index is 12.8. The van der Waals surface area contributed by atoms with E-state index in [4.69, 9.17) is 11.6 Å². The summed E-state index contributed by atoms with van der Waals surface area (Å²) < 4.78 is 0. The number of hydrogen-bond acceptors (Lipinski definition) is 2. The molecule has 2 fully saturated rings. The van der Waals surface area contributed by atoms with Gasteiger partial charge >= 0.3 is 0 Å². The van der Waals surface area contributed by atoms with Crippen LogP contribution in [0.15, 0.2) is 54.6 Å². The number of fused-ring (bicyclic) bond motifs is 2. The van der Waals surface area contributed by atoms with Crippen molar-refractivity contribution in [3.05, 3.63) is 70.7 Å². The van der Waals surface area contributed by atoms with Gasteiger partial charge in [-0.25, -0.2) is 0 Å². The van der Waals surface area contributed by atoms with Crippen LogP contribution in [0.4, 0.5) is 0 Å². The number of hydrogen-bond donors (Lipinski definition) is 2. The van der Waals surface area contributed by atoms with E-state index in [1.54, 1.807) is 0 Å². The highest BCUT2D eigenvalue weighted by atomic mass is 35.5. The SMILES string of the molecule is O=C(CC1CC2CCC(C1)N2)NC(c1ccccc1)c1cccc(Cl)c1. The van der Waals surface area contributed by atoms with Crippen molar-refractivity contribution in [1.29, 1.82) is 0 Å². The number of benzene rings is 2. The lowest BCUT2D eigenvalue weighted by atomic mass is 9.89. The van der Waals surface area contributed by atoms with Crippen molar-refractivity contribution in [2.45, 2.75) is 50.2 Å². The third-order valence-electron chi connectivity index (χ3n) is 5.67. The van der Waals surface area contributed by atoms with E-state index >= 15 is 0 Å². The number of carbonyl (C=O) groups excluding carboxylic acids is 1. The second kappa shape index (κ2) is 7.81. The molecular weight excluding hydrogens is 344 g/mol. The van der Waals surface area contributed by atoms with Crippen molar-refractivity contribution in [1.82, 2.24) is 10.6 Å². The van der Waals surface area contributed by atoms with E-state index in [1.165, 1.54) is 12.8 Å². The topological polar surface area (TPSA) is 41.1 Å². The Bertz CT molecular complexity index is 752. The summed E-state index contributed by atoms with van der Waals surface area (Å²) in [4.78, 5) is 12.8. The number of piperidine rings is 1. The van der Waals surface area contributed by atoms with Crippen LogP contribution >= 0.6 is 11.6 Å². The summed E-state index contributed by atoms with van der Waals surface area (Å²) >= 11 is 6.19. The second-order valence-electron chi connectivity index (χ2n) is 7.65. The van der Waals surface area contributed by atoms with E-state index in [0.717, 1.165) is 24.0 Å². The number of rotatable bonds is 5. The highest BCUT2D eigenvalue weighted by Gasteiger charge is 2.34. The fourth-order valence-corrected chi connectivity index (χ4v) is 4.71. The van der Waals surface area contributed by atoms with Gasteiger partial charge in [0.25, 0.3) is 0 Å². The number of nitrogens with one attached hydrogen (secondary N) is 2. The minimum absolute atomic E-state index is 0.130. The molecule has 2 heterocycles. The third-order valence-corrected chi connectivity index (χ3v) is 5.90. The molecule has 2 N–H and O–H groups in total. The molecule has 4 heteroatoms. The molecule has 0 aliphatic carbocycles. The molecule has 0 aromatic heterocycles. The number of halogens is 1. The third kappa shape index (κ3) is 4.11. The summed E-state index contributed by atoms with van der Waals surface area (Å²) in [6.07, 6.45) is 5.38. The quantitative estimate of drug-likeness (QED) is 0.817. The molecule has 136 valence electrons. The Morgan fingerprint density at radius 1 is 1.04 bits per heavy atom. The predicted octanol–water partition coefficient (Wildman–Crippen LogP) is 4.47. The largest absolute Gasteiger partial charge is 0.345 e. The highest BCUT2D eigenvalue weighted by molar-refractivity contribution is 6.30. The van der Waals surface area contributed by atoms with E-state index in [0.29, 0.717) is 29.4 Å². The lowest BCUT2D eigenvalue weighted by Crippen LogP contribution is -2.40. The summed E-state index contributed by atoms with van der Waals surface area (Å²) in [5.74, 6) is 0.620. The molecule has 3 unspecified atom stereocenters. The molecular formula is C22H25ClN2O. The van der Waals surface area contributed by atoms with Crippen LogP contribution < -0.4 is 10.6 Å². The number of amides is 1. The van der Waals surface area contributed by atoms with Crippen molar-refractivity contribution < 1.29 is 4.79 Å². The molecule has 2 aliphatic heterocycles. The molecule has 4 rings (SSSR count). The molecule has 1 amide bonds. The summed E-state index contributed by atoms with van der Waals surface area (Å²) in [7, 11) is 0. The first kappa shape index (κ1) is 17.6. The van der Waals surface area contributed by atoms with Gasteiger partial charge in [-0.1, -0.05) is 54.1 Å². The Labute approximate surface area is 160 Å². The molecule has 2 saturated heterocycles. The Morgan fingerprint density at radius 2 is 1.73 bits per heavy atom.